The van der Waals surface area contributed by atoms with Crippen LogP contribution < -0.4 is 0 Å². The van der Waals surface area contributed by atoms with Crippen molar-refractivity contribution in [2.75, 3.05) is 6.61 Å². The lowest BCUT2D eigenvalue weighted by Gasteiger charge is -1.89. The summed E-state index contributed by atoms with van der Waals surface area (Å²) in [5.41, 5.74) is 1.17. The van der Waals surface area contributed by atoms with E-state index in [9.17, 15) is 0 Å². The molecule has 42 valence electrons. The Morgan fingerprint density at radius 3 is 2.57 bits per heavy atom. The van der Waals surface area contributed by atoms with Crippen LogP contribution in [0.1, 0.15) is 13.3 Å². The third-order valence-electron chi connectivity index (χ3n) is 0.692. The maximum absolute atomic E-state index is 8.31. The number of hydrogen-bond donors (Lipinski definition) is 1. The van der Waals surface area contributed by atoms with Gasteiger partial charge < -0.3 is 5.11 Å². The lowest BCUT2D eigenvalue weighted by molar-refractivity contribution is 0.299. The van der Waals surface area contributed by atoms with Gasteiger partial charge in [-0.15, -0.1) is 0 Å². The summed E-state index contributed by atoms with van der Waals surface area (Å²) in [6, 6.07) is 0. The van der Waals surface area contributed by atoms with Gasteiger partial charge >= 0.3 is 0 Å². The lowest BCUT2D eigenvalue weighted by Crippen LogP contribution is -1.80. The second kappa shape index (κ2) is 4.34. The van der Waals surface area contributed by atoms with E-state index < -0.39 is 0 Å². The molecule has 0 aliphatic heterocycles. The van der Waals surface area contributed by atoms with E-state index in [2.05, 4.69) is 15.9 Å². The van der Waals surface area contributed by atoms with Crippen molar-refractivity contribution in [3.8, 4) is 0 Å². The van der Waals surface area contributed by atoms with Gasteiger partial charge in [0.2, 0.25) is 0 Å². The zero-order valence-electron chi connectivity index (χ0n) is 4.32. The number of aliphatic hydroxyl groups is 1. The van der Waals surface area contributed by atoms with Gasteiger partial charge in [0.15, 0.2) is 0 Å². The largest absolute Gasteiger partial charge is 0.396 e. The molecule has 0 heterocycles. The molecule has 0 aliphatic carbocycles. The first-order valence-electron chi connectivity index (χ1n) is 2.18. The van der Waals surface area contributed by atoms with Crippen molar-refractivity contribution in [2.45, 2.75) is 13.3 Å². The van der Waals surface area contributed by atoms with Gasteiger partial charge in [-0.25, -0.2) is 0 Å². The van der Waals surface area contributed by atoms with Crippen LogP contribution in [0.2, 0.25) is 0 Å². The summed E-state index contributed by atoms with van der Waals surface area (Å²) in [5, 5.41) is 8.31. The minimum absolute atomic E-state index is 0.244. The fourth-order valence-electron chi connectivity index (χ4n) is 0.231. The fourth-order valence-corrected chi connectivity index (χ4v) is 0.460. The summed E-state index contributed by atoms with van der Waals surface area (Å²) < 4.78 is 0. The van der Waals surface area contributed by atoms with E-state index in [-0.39, 0.29) is 6.61 Å². The highest BCUT2D eigenvalue weighted by Gasteiger charge is 1.81. The molecule has 0 aliphatic rings. The fraction of sp³-hybridized carbons (Fsp3) is 0.600. The molecule has 0 amide bonds. The van der Waals surface area contributed by atoms with Gasteiger partial charge in [-0.3, -0.25) is 0 Å². The first-order chi connectivity index (χ1) is 3.31. The van der Waals surface area contributed by atoms with E-state index in [1.807, 2.05) is 11.9 Å². The second-order valence-corrected chi connectivity index (χ2v) is 1.89. The molecule has 0 fully saturated rings. The van der Waals surface area contributed by atoms with Crippen LogP contribution in [-0.4, -0.2) is 11.7 Å². The predicted octanol–water partition coefficient (Wildman–Crippen LogP) is 1.67. The van der Waals surface area contributed by atoms with Crippen molar-refractivity contribution in [2.24, 2.45) is 0 Å². The van der Waals surface area contributed by atoms with Gasteiger partial charge in [-0.1, -0.05) is 21.5 Å². The summed E-state index contributed by atoms with van der Waals surface area (Å²) in [5.74, 6) is 0. The van der Waals surface area contributed by atoms with E-state index in [0.717, 1.165) is 6.42 Å². The van der Waals surface area contributed by atoms with Gasteiger partial charge in [0.05, 0.1) is 0 Å². The highest BCUT2D eigenvalue weighted by atomic mass is 79.9. The van der Waals surface area contributed by atoms with Crippen LogP contribution >= 0.6 is 15.9 Å². The summed E-state index contributed by atoms with van der Waals surface area (Å²) in [7, 11) is 0. The maximum atomic E-state index is 8.31. The first-order valence-corrected chi connectivity index (χ1v) is 3.09. The van der Waals surface area contributed by atoms with Crippen molar-refractivity contribution in [1.82, 2.24) is 0 Å². The van der Waals surface area contributed by atoms with Gasteiger partial charge in [0, 0.05) is 6.61 Å². The SMILES string of the molecule is CC(=CBr)CCO. The number of halogens is 1. The maximum Gasteiger partial charge on any atom is 0.0468 e. The van der Waals surface area contributed by atoms with Gasteiger partial charge in [0.1, 0.15) is 0 Å². The van der Waals surface area contributed by atoms with E-state index in [1.165, 1.54) is 5.57 Å². The molecule has 0 saturated carbocycles. The van der Waals surface area contributed by atoms with Crippen molar-refractivity contribution in [3.05, 3.63) is 10.6 Å². The quantitative estimate of drug-likeness (QED) is 0.659. The van der Waals surface area contributed by atoms with Crippen LogP contribution in [0.3, 0.4) is 0 Å². The van der Waals surface area contributed by atoms with E-state index in [4.69, 9.17) is 5.11 Å². The van der Waals surface area contributed by atoms with E-state index >= 15 is 0 Å². The summed E-state index contributed by atoms with van der Waals surface area (Å²) in [4.78, 5) is 1.82. The molecule has 0 bridgehead atoms. The molecule has 7 heavy (non-hydrogen) atoms. The summed E-state index contributed by atoms with van der Waals surface area (Å²) in [6.07, 6.45) is 0.769. The standard InChI is InChI=1S/C5H9BrO/c1-5(4-6)2-3-7/h4,7H,2-3H2,1H3. The summed E-state index contributed by atoms with van der Waals surface area (Å²) >= 11 is 3.14. The predicted molar refractivity (Wildman–Crippen MR) is 34.4 cm³/mol. The molecule has 2 heteroatoms. The smallest absolute Gasteiger partial charge is 0.0468 e. The molecule has 0 aromatic rings. The van der Waals surface area contributed by atoms with E-state index in [1.54, 1.807) is 0 Å². The number of hydrogen-bond acceptors (Lipinski definition) is 1. The van der Waals surface area contributed by atoms with Crippen LogP contribution in [0.5, 0.6) is 0 Å². The zero-order chi connectivity index (χ0) is 5.70. The normalized spacial score (nSPS) is 12.1. The lowest BCUT2D eigenvalue weighted by atomic mass is 10.3. The van der Waals surface area contributed by atoms with Crippen molar-refractivity contribution < 1.29 is 5.11 Å². The molecule has 0 aromatic heterocycles. The van der Waals surface area contributed by atoms with Gasteiger partial charge in [-0.2, -0.15) is 0 Å². The second-order valence-electron chi connectivity index (χ2n) is 1.43. The van der Waals surface area contributed by atoms with Crippen LogP contribution in [0, 0.1) is 0 Å². The minimum atomic E-state index is 0.244. The number of rotatable bonds is 2. The first kappa shape index (κ1) is 7.18. The molecule has 0 spiro atoms. The zero-order valence-corrected chi connectivity index (χ0v) is 5.90. The Bertz CT molecular complexity index is 68.5. The Labute approximate surface area is 52.2 Å². The highest BCUT2D eigenvalue weighted by Crippen LogP contribution is 2.00. The average molecular weight is 165 g/mol. The molecular formula is C5H9BrO. The van der Waals surface area contributed by atoms with Crippen LogP contribution in [0.25, 0.3) is 0 Å². The Balaban J connectivity index is 3.17. The molecule has 0 radical (unpaired) electrons. The Kier molecular flexibility index (Phi) is 4.45. The van der Waals surface area contributed by atoms with E-state index in [0.29, 0.717) is 0 Å². The Hall–Kier alpha value is 0.180. The topological polar surface area (TPSA) is 20.2 Å². The molecule has 0 rings (SSSR count). The van der Waals surface area contributed by atoms with Crippen LogP contribution in [-0.2, 0) is 0 Å². The molecule has 1 nitrogen and oxygen atoms in total. The molecule has 0 unspecified atom stereocenters. The monoisotopic (exact) mass is 164 g/mol. The van der Waals surface area contributed by atoms with Crippen molar-refractivity contribution >= 4 is 15.9 Å². The molecule has 0 atom stereocenters. The molecular weight excluding hydrogens is 156 g/mol. The Morgan fingerprint density at radius 1 is 1.86 bits per heavy atom. The van der Waals surface area contributed by atoms with Gasteiger partial charge in [0.25, 0.3) is 0 Å². The third-order valence-corrected chi connectivity index (χ3v) is 1.47. The van der Waals surface area contributed by atoms with Crippen molar-refractivity contribution in [1.29, 1.82) is 0 Å². The Morgan fingerprint density at radius 2 is 2.43 bits per heavy atom. The highest BCUT2D eigenvalue weighted by molar-refractivity contribution is 9.11. The number of aliphatic hydroxyl groups excluding tert-OH is 1. The summed E-state index contributed by atoms with van der Waals surface area (Å²) in [6.45, 7) is 2.21. The molecule has 0 aromatic carbocycles. The average Bonchev–Trinajstić information content (AvgIpc) is 1.68. The van der Waals surface area contributed by atoms with Crippen molar-refractivity contribution in [3.63, 3.8) is 0 Å². The van der Waals surface area contributed by atoms with Crippen LogP contribution in [0.15, 0.2) is 10.6 Å². The minimum Gasteiger partial charge on any atom is -0.396 e. The van der Waals surface area contributed by atoms with Gasteiger partial charge in [-0.05, 0) is 18.3 Å². The molecule has 0 saturated heterocycles. The van der Waals surface area contributed by atoms with Crippen LogP contribution in [0.4, 0.5) is 0 Å². The third kappa shape index (κ3) is 4.02. The molecule has 1 N–H and O–H groups in total.